The smallest absolute Gasteiger partial charge is 0.163 e. The van der Waals surface area contributed by atoms with Crippen LogP contribution >= 0.6 is 0 Å². The molecule has 0 aromatic rings. The quantitative estimate of drug-likeness (QED) is 0.568. The Morgan fingerprint density at radius 2 is 2.00 bits per heavy atom. The maximum atomic E-state index is 12.2. The summed E-state index contributed by atoms with van der Waals surface area (Å²) < 4.78 is 0. The van der Waals surface area contributed by atoms with Gasteiger partial charge in [-0.05, 0) is 100 Å². The lowest BCUT2D eigenvalue weighted by atomic mass is 9.60. The standard InChI is InChI=1S/C27H42O3/c1-18-8-12-22(28)17-21(18)11-10-20-7-6-16-27(5)23(13-14-24(20)27)19(2)9-15-25(29)26(3,4)30/h10-11,19,22-24,28,30H,1,6-9,12-17H2,2-5H3/b20-10+,21-11-/t19-,22+,23-,24+,27-/m1/s1. The van der Waals surface area contributed by atoms with Crippen LogP contribution in [-0.4, -0.2) is 27.7 Å². The normalized spacial score (nSPS) is 36.2. The van der Waals surface area contributed by atoms with Gasteiger partial charge in [0.2, 0.25) is 0 Å². The molecule has 0 aliphatic heterocycles. The fourth-order valence-electron chi connectivity index (χ4n) is 6.48. The fourth-order valence-corrected chi connectivity index (χ4v) is 6.48. The van der Waals surface area contributed by atoms with Gasteiger partial charge in [0.25, 0.3) is 0 Å². The maximum absolute atomic E-state index is 12.2. The molecule has 0 bridgehead atoms. The summed E-state index contributed by atoms with van der Waals surface area (Å²) in [5.41, 5.74) is 3.08. The van der Waals surface area contributed by atoms with Crippen LogP contribution in [0.3, 0.4) is 0 Å². The Balaban J connectivity index is 1.70. The van der Waals surface area contributed by atoms with E-state index in [2.05, 4.69) is 32.6 Å². The van der Waals surface area contributed by atoms with Crippen LogP contribution in [0.5, 0.6) is 0 Å². The molecule has 3 heteroatoms. The first-order valence-corrected chi connectivity index (χ1v) is 12.0. The van der Waals surface area contributed by atoms with E-state index in [9.17, 15) is 15.0 Å². The molecule has 0 saturated heterocycles. The summed E-state index contributed by atoms with van der Waals surface area (Å²) in [5.74, 6) is 1.72. The van der Waals surface area contributed by atoms with Crippen LogP contribution in [0.2, 0.25) is 0 Å². The van der Waals surface area contributed by atoms with Crippen molar-refractivity contribution in [3.63, 3.8) is 0 Å². The molecule has 30 heavy (non-hydrogen) atoms. The van der Waals surface area contributed by atoms with Gasteiger partial charge < -0.3 is 10.2 Å². The number of aliphatic hydroxyl groups is 2. The van der Waals surface area contributed by atoms with Gasteiger partial charge in [0.1, 0.15) is 5.60 Å². The fraction of sp³-hybridized carbons (Fsp3) is 0.741. The summed E-state index contributed by atoms with van der Waals surface area (Å²) in [5, 5.41) is 20.0. The number of carbonyl (C=O) groups is 1. The van der Waals surface area contributed by atoms with Gasteiger partial charge in [-0.2, -0.15) is 0 Å². The highest BCUT2D eigenvalue weighted by Gasteiger charge is 2.50. The number of rotatable bonds is 6. The van der Waals surface area contributed by atoms with Crippen molar-refractivity contribution in [3.05, 3.63) is 35.5 Å². The second kappa shape index (κ2) is 9.12. The number of aliphatic hydroxyl groups excluding tert-OH is 1. The molecular weight excluding hydrogens is 372 g/mol. The minimum Gasteiger partial charge on any atom is -0.393 e. The van der Waals surface area contributed by atoms with Crippen molar-refractivity contribution in [3.8, 4) is 0 Å². The first-order chi connectivity index (χ1) is 14.0. The summed E-state index contributed by atoms with van der Waals surface area (Å²) in [6.45, 7) is 12.2. The van der Waals surface area contributed by atoms with Gasteiger partial charge in [-0.3, -0.25) is 4.79 Å². The van der Waals surface area contributed by atoms with Gasteiger partial charge >= 0.3 is 0 Å². The second-order valence-corrected chi connectivity index (χ2v) is 11.0. The molecular formula is C27H42O3. The van der Waals surface area contributed by atoms with Crippen LogP contribution in [0.1, 0.15) is 91.9 Å². The molecule has 0 aromatic heterocycles. The van der Waals surface area contributed by atoms with Crippen LogP contribution in [0.25, 0.3) is 0 Å². The van der Waals surface area contributed by atoms with Crippen molar-refractivity contribution in [2.24, 2.45) is 23.2 Å². The average Bonchev–Trinajstić information content (AvgIpc) is 3.03. The molecule has 3 saturated carbocycles. The van der Waals surface area contributed by atoms with E-state index in [4.69, 9.17) is 0 Å². The first kappa shape index (κ1) is 23.5. The zero-order valence-electron chi connectivity index (χ0n) is 19.5. The van der Waals surface area contributed by atoms with Crippen LogP contribution < -0.4 is 0 Å². The van der Waals surface area contributed by atoms with E-state index in [1.165, 1.54) is 43.3 Å². The van der Waals surface area contributed by atoms with E-state index in [1.54, 1.807) is 19.4 Å². The van der Waals surface area contributed by atoms with Crippen LogP contribution in [0.15, 0.2) is 35.5 Å². The molecule has 5 atom stereocenters. The summed E-state index contributed by atoms with van der Waals surface area (Å²) in [6, 6.07) is 0. The van der Waals surface area contributed by atoms with Gasteiger partial charge in [0, 0.05) is 6.42 Å². The van der Waals surface area contributed by atoms with Crippen molar-refractivity contribution in [1.29, 1.82) is 0 Å². The summed E-state index contributed by atoms with van der Waals surface area (Å²) in [6.07, 6.45) is 14.3. The predicted molar refractivity (Wildman–Crippen MR) is 123 cm³/mol. The molecule has 0 radical (unpaired) electrons. The van der Waals surface area contributed by atoms with Gasteiger partial charge in [-0.25, -0.2) is 0 Å². The van der Waals surface area contributed by atoms with Crippen LogP contribution in [0.4, 0.5) is 0 Å². The molecule has 3 aliphatic rings. The zero-order chi connectivity index (χ0) is 22.1. The van der Waals surface area contributed by atoms with Crippen LogP contribution in [-0.2, 0) is 4.79 Å². The number of hydrogen-bond acceptors (Lipinski definition) is 3. The number of carbonyl (C=O) groups excluding carboxylic acids is 1. The molecule has 0 heterocycles. The second-order valence-electron chi connectivity index (χ2n) is 11.0. The number of ketones is 1. The van der Waals surface area contributed by atoms with E-state index < -0.39 is 5.60 Å². The minimum absolute atomic E-state index is 0.0418. The number of Topliss-reactive ketones (excluding diaryl/α,β-unsaturated/α-hetero) is 1. The van der Waals surface area contributed by atoms with E-state index in [0.717, 1.165) is 25.7 Å². The van der Waals surface area contributed by atoms with E-state index in [1.807, 2.05) is 0 Å². The highest BCUT2D eigenvalue weighted by atomic mass is 16.3. The Morgan fingerprint density at radius 3 is 2.70 bits per heavy atom. The maximum Gasteiger partial charge on any atom is 0.163 e. The summed E-state index contributed by atoms with van der Waals surface area (Å²) in [4.78, 5) is 12.2. The van der Waals surface area contributed by atoms with Gasteiger partial charge in [-0.15, -0.1) is 0 Å². The molecule has 0 unspecified atom stereocenters. The molecule has 168 valence electrons. The van der Waals surface area contributed by atoms with Crippen molar-refractivity contribution in [1.82, 2.24) is 0 Å². The van der Waals surface area contributed by atoms with E-state index in [0.29, 0.717) is 29.6 Å². The Hall–Kier alpha value is -1.19. The monoisotopic (exact) mass is 414 g/mol. The van der Waals surface area contributed by atoms with E-state index >= 15 is 0 Å². The Morgan fingerprint density at radius 1 is 1.27 bits per heavy atom. The van der Waals surface area contributed by atoms with Gasteiger partial charge in [0.05, 0.1) is 6.10 Å². The lowest BCUT2D eigenvalue weighted by molar-refractivity contribution is -0.134. The third-order valence-electron chi connectivity index (χ3n) is 8.42. The summed E-state index contributed by atoms with van der Waals surface area (Å²) in [7, 11) is 0. The Bertz CT molecular complexity index is 723. The van der Waals surface area contributed by atoms with Gasteiger partial charge in [0.15, 0.2) is 5.78 Å². The average molecular weight is 415 g/mol. The number of allylic oxidation sites excluding steroid dienone is 4. The molecule has 2 N–H and O–H groups in total. The SMILES string of the molecule is C=C1CC[C@H](O)C/C1=C/C=C1\CCC[C@]2(C)[C@@H]([C@H](C)CCC(=O)C(C)(C)O)CC[C@@H]12. The number of hydrogen-bond donors (Lipinski definition) is 2. The molecule has 0 amide bonds. The minimum atomic E-state index is -1.22. The highest BCUT2D eigenvalue weighted by molar-refractivity contribution is 5.86. The molecule has 3 rings (SSSR count). The van der Waals surface area contributed by atoms with Crippen molar-refractivity contribution < 1.29 is 15.0 Å². The first-order valence-electron chi connectivity index (χ1n) is 12.0. The third kappa shape index (κ3) is 4.99. The lowest BCUT2D eigenvalue weighted by Gasteiger charge is -2.44. The van der Waals surface area contributed by atoms with Crippen LogP contribution in [0, 0.1) is 23.2 Å². The molecule has 0 aromatic carbocycles. The zero-order valence-corrected chi connectivity index (χ0v) is 19.5. The molecule has 3 aliphatic carbocycles. The highest BCUT2D eigenvalue weighted by Crippen LogP contribution is 2.59. The number of fused-ring (bicyclic) bond motifs is 1. The van der Waals surface area contributed by atoms with Gasteiger partial charge in [-0.1, -0.05) is 43.7 Å². The largest absolute Gasteiger partial charge is 0.393 e. The predicted octanol–water partition coefficient (Wildman–Crippen LogP) is 5.91. The lowest BCUT2D eigenvalue weighted by Crippen LogP contribution is -2.36. The van der Waals surface area contributed by atoms with E-state index in [-0.39, 0.29) is 11.9 Å². The molecule has 0 spiro atoms. The summed E-state index contributed by atoms with van der Waals surface area (Å²) >= 11 is 0. The third-order valence-corrected chi connectivity index (χ3v) is 8.42. The van der Waals surface area contributed by atoms with Crippen molar-refractivity contribution in [2.75, 3.05) is 0 Å². The Kier molecular flexibility index (Phi) is 7.14. The van der Waals surface area contributed by atoms with Crippen molar-refractivity contribution >= 4 is 5.78 Å². The Labute approximate surface area is 183 Å². The topological polar surface area (TPSA) is 57.5 Å². The molecule has 3 fully saturated rings. The van der Waals surface area contributed by atoms with Crippen molar-refractivity contribution in [2.45, 2.75) is 104 Å². The molecule has 3 nitrogen and oxygen atoms in total.